The normalized spacial score (nSPS) is 20.9. The van der Waals surface area contributed by atoms with Gasteiger partial charge in [-0.3, -0.25) is 4.90 Å². The number of rotatable bonds is 6. The number of piperazine rings is 1. The number of benzene rings is 1. The van der Waals surface area contributed by atoms with E-state index in [2.05, 4.69) is 36.0 Å². The maximum absolute atomic E-state index is 14.0. The monoisotopic (exact) mass is 293 g/mol. The van der Waals surface area contributed by atoms with Gasteiger partial charge in [-0.15, -0.1) is 0 Å². The number of likely N-dealkylation sites (N-methyl/N-ethyl adjacent to an activating group) is 1. The van der Waals surface area contributed by atoms with Gasteiger partial charge in [-0.2, -0.15) is 0 Å². The lowest BCUT2D eigenvalue weighted by Crippen LogP contribution is -2.49. The van der Waals surface area contributed by atoms with Crippen LogP contribution in [0.4, 0.5) is 4.39 Å². The topological polar surface area (TPSA) is 18.5 Å². The van der Waals surface area contributed by atoms with E-state index < -0.39 is 0 Å². The number of halogens is 1. The maximum atomic E-state index is 14.0. The first kappa shape index (κ1) is 16.4. The van der Waals surface area contributed by atoms with Crippen molar-refractivity contribution in [3.05, 3.63) is 35.1 Å². The first-order valence-electron chi connectivity index (χ1n) is 8.00. The molecule has 1 saturated heterocycles. The van der Waals surface area contributed by atoms with Crippen molar-refractivity contribution in [1.82, 2.24) is 15.1 Å². The van der Waals surface area contributed by atoms with Gasteiger partial charge in [0.15, 0.2) is 0 Å². The van der Waals surface area contributed by atoms with Crippen LogP contribution in [0.5, 0.6) is 0 Å². The Bertz CT molecular complexity index is 450. The van der Waals surface area contributed by atoms with Crippen molar-refractivity contribution < 1.29 is 4.39 Å². The van der Waals surface area contributed by atoms with Crippen LogP contribution in [0, 0.1) is 5.82 Å². The standard InChI is InChI=1S/C17H28FN3/c1-4-7-19-11-15-5-6-17(18)16(10-15)13-21-9-8-20(3)14(2)12-21/h5-6,10,14,19H,4,7-9,11-13H2,1-3H3. The Morgan fingerprint density at radius 1 is 1.33 bits per heavy atom. The van der Waals surface area contributed by atoms with E-state index in [9.17, 15) is 4.39 Å². The number of hydrogen-bond acceptors (Lipinski definition) is 3. The molecule has 118 valence electrons. The predicted octanol–water partition coefficient (Wildman–Crippen LogP) is 2.46. The highest BCUT2D eigenvalue weighted by Crippen LogP contribution is 2.16. The molecule has 0 amide bonds. The van der Waals surface area contributed by atoms with E-state index in [4.69, 9.17) is 0 Å². The van der Waals surface area contributed by atoms with Gasteiger partial charge in [0.25, 0.3) is 0 Å². The second-order valence-electron chi connectivity index (χ2n) is 6.17. The summed E-state index contributed by atoms with van der Waals surface area (Å²) in [5.74, 6) is -0.0826. The zero-order valence-corrected chi connectivity index (χ0v) is 13.5. The Kier molecular flexibility index (Phi) is 6.15. The molecule has 0 bridgehead atoms. The van der Waals surface area contributed by atoms with Crippen LogP contribution in [-0.4, -0.2) is 49.1 Å². The lowest BCUT2D eigenvalue weighted by atomic mass is 10.1. The molecule has 0 spiro atoms. The van der Waals surface area contributed by atoms with E-state index in [-0.39, 0.29) is 5.82 Å². The largest absolute Gasteiger partial charge is 0.313 e. The zero-order valence-electron chi connectivity index (χ0n) is 13.5. The third-order valence-corrected chi connectivity index (χ3v) is 4.30. The number of nitrogens with zero attached hydrogens (tertiary/aromatic N) is 2. The van der Waals surface area contributed by atoms with Crippen molar-refractivity contribution in [2.45, 2.75) is 39.4 Å². The molecule has 1 fully saturated rings. The second-order valence-corrected chi connectivity index (χ2v) is 6.17. The van der Waals surface area contributed by atoms with Crippen LogP contribution in [-0.2, 0) is 13.1 Å². The highest BCUT2D eigenvalue weighted by Gasteiger charge is 2.21. The van der Waals surface area contributed by atoms with Crippen molar-refractivity contribution in [3.63, 3.8) is 0 Å². The van der Waals surface area contributed by atoms with Gasteiger partial charge in [0, 0.05) is 44.3 Å². The van der Waals surface area contributed by atoms with Crippen LogP contribution < -0.4 is 5.32 Å². The van der Waals surface area contributed by atoms with Gasteiger partial charge in [-0.05, 0) is 38.6 Å². The molecule has 2 rings (SSSR count). The Morgan fingerprint density at radius 3 is 2.86 bits per heavy atom. The molecule has 0 aliphatic carbocycles. The summed E-state index contributed by atoms with van der Waals surface area (Å²) >= 11 is 0. The van der Waals surface area contributed by atoms with Crippen LogP contribution in [0.2, 0.25) is 0 Å². The van der Waals surface area contributed by atoms with Crippen LogP contribution >= 0.6 is 0 Å². The molecule has 1 heterocycles. The fourth-order valence-electron chi connectivity index (χ4n) is 2.78. The predicted molar refractivity (Wildman–Crippen MR) is 85.8 cm³/mol. The molecule has 0 aromatic heterocycles. The van der Waals surface area contributed by atoms with Gasteiger partial charge in [0.1, 0.15) is 5.82 Å². The summed E-state index contributed by atoms with van der Waals surface area (Å²) in [6.45, 7) is 9.99. The van der Waals surface area contributed by atoms with Crippen LogP contribution in [0.3, 0.4) is 0 Å². The summed E-state index contributed by atoms with van der Waals surface area (Å²) < 4.78 is 14.0. The fourth-order valence-corrected chi connectivity index (χ4v) is 2.78. The molecule has 1 aromatic carbocycles. The third-order valence-electron chi connectivity index (χ3n) is 4.30. The van der Waals surface area contributed by atoms with Gasteiger partial charge >= 0.3 is 0 Å². The van der Waals surface area contributed by atoms with Gasteiger partial charge in [0.2, 0.25) is 0 Å². The molecule has 1 N–H and O–H groups in total. The molecular formula is C17H28FN3. The SMILES string of the molecule is CCCNCc1ccc(F)c(CN2CCN(C)C(C)C2)c1. The van der Waals surface area contributed by atoms with Crippen molar-refractivity contribution in [3.8, 4) is 0 Å². The smallest absolute Gasteiger partial charge is 0.127 e. The molecular weight excluding hydrogens is 265 g/mol. The second kappa shape index (κ2) is 7.87. The number of nitrogens with one attached hydrogen (secondary N) is 1. The minimum atomic E-state index is -0.0826. The average Bonchev–Trinajstić information content (AvgIpc) is 2.46. The quantitative estimate of drug-likeness (QED) is 0.813. The minimum Gasteiger partial charge on any atom is -0.313 e. The molecule has 1 aromatic rings. The molecule has 0 saturated carbocycles. The van der Waals surface area contributed by atoms with Gasteiger partial charge in [-0.1, -0.05) is 19.1 Å². The summed E-state index contributed by atoms with van der Waals surface area (Å²) in [5.41, 5.74) is 1.99. The summed E-state index contributed by atoms with van der Waals surface area (Å²) in [6, 6.07) is 6.04. The lowest BCUT2D eigenvalue weighted by Gasteiger charge is -2.37. The molecule has 0 radical (unpaired) electrons. The maximum Gasteiger partial charge on any atom is 0.127 e. The molecule has 4 heteroatoms. The highest BCUT2D eigenvalue weighted by atomic mass is 19.1. The van der Waals surface area contributed by atoms with E-state index in [1.165, 1.54) is 5.56 Å². The average molecular weight is 293 g/mol. The third kappa shape index (κ3) is 4.77. The van der Waals surface area contributed by atoms with E-state index in [0.717, 1.165) is 44.7 Å². The first-order valence-corrected chi connectivity index (χ1v) is 8.00. The Hall–Kier alpha value is -0.970. The molecule has 1 aliphatic heterocycles. The molecule has 21 heavy (non-hydrogen) atoms. The molecule has 1 atom stereocenters. The van der Waals surface area contributed by atoms with Crippen molar-refractivity contribution >= 4 is 0 Å². The van der Waals surface area contributed by atoms with E-state index >= 15 is 0 Å². The van der Waals surface area contributed by atoms with E-state index in [0.29, 0.717) is 12.6 Å². The van der Waals surface area contributed by atoms with Crippen LogP contribution in [0.15, 0.2) is 18.2 Å². The van der Waals surface area contributed by atoms with E-state index in [1.54, 1.807) is 6.07 Å². The summed E-state index contributed by atoms with van der Waals surface area (Å²) in [6.07, 6.45) is 1.12. The lowest BCUT2D eigenvalue weighted by molar-refractivity contribution is 0.0991. The zero-order chi connectivity index (χ0) is 15.2. The van der Waals surface area contributed by atoms with Crippen molar-refractivity contribution in [2.75, 3.05) is 33.2 Å². The first-order chi connectivity index (χ1) is 10.1. The molecule has 3 nitrogen and oxygen atoms in total. The summed E-state index contributed by atoms with van der Waals surface area (Å²) in [7, 11) is 2.16. The number of hydrogen-bond donors (Lipinski definition) is 1. The Balaban J connectivity index is 1.97. The van der Waals surface area contributed by atoms with Crippen molar-refractivity contribution in [1.29, 1.82) is 0 Å². The highest BCUT2D eigenvalue weighted by molar-refractivity contribution is 5.25. The van der Waals surface area contributed by atoms with Gasteiger partial charge in [0.05, 0.1) is 0 Å². The minimum absolute atomic E-state index is 0.0826. The van der Waals surface area contributed by atoms with Crippen LogP contribution in [0.25, 0.3) is 0 Å². The summed E-state index contributed by atoms with van der Waals surface area (Å²) in [4.78, 5) is 4.71. The van der Waals surface area contributed by atoms with Crippen LogP contribution in [0.1, 0.15) is 31.4 Å². The van der Waals surface area contributed by atoms with Gasteiger partial charge < -0.3 is 10.2 Å². The molecule has 1 aliphatic rings. The summed E-state index contributed by atoms with van der Waals surface area (Å²) in [5, 5.41) is 3.37. The van der Waals surface area contributed by atoms with Crippen molar-refractivity contribution in [2.24, 2.45) is 0 Å². The fraction of sp³-hybridized carbons (Fsp3) is 0.647. The Labute approximate surface area is 128 Å². The Morgan fingerprint density at radius 2 is 2.14 bits per heavy atom. The molecule has 1 unspecified atom stereocenters. The van der Waals surface area contributed by atoms with Gasteiger partial charge in [-0.25, -0.2) is 4.39 Å². The van der Waals surface area contributed by atoms with E-state index in [1.807, 2.05) is 12.1 Å².